The van der Waals surface area contributed by atoms with Crippen molar-refractivity contribution in [1.82, 2.24) is 0 Å². The minimum atomic E-state index is -0.765. The van der Waals surface area contributed by atoms with Crippen LogP contribution in [-0.2, 0) is 12.8 Å². The Labute approximate surface area is 122 Å². The number of hydrogen-bond donors (Lipinski definition) is 1. The van der Waals surface area contributed by atoms with Crippen LogP contribution >= 0.6 is 0 Å². The molecule has 0 aromatic heterocycles. The van der Waals surface area contributed by atoms with Crippen LogP contribution in [-0.4, -0.2) is 24.4 Å². The molecule has 1 aliphatic heterocycles. The van der Waals surface area contributed by atoms with E-state index in [4.69, 9.17) is 9.47 Å². The molecule has 4 heteroatoms. The van der Waals surface area contributed by atoms with Gasteiger partial charge in [0.1, 0.15) is 11.9 Å². The van der Waals surface area contributed by atoms with Gasteiger partial charge in [-0.2, -0.15) is 0 Å². The minimum Gasteiger partial charge on any atom is -0.494 e. The average Bonchev–Trinajstić information content (AvgIpc) is 2.93. The Bertz CT molecular complexity index is 617. The Hall–Kier alpha value is -2.07. The van der Waals surface area contributed by atoms with Gasteiger partial charge >= 0.3 is 0 Å². The Kier molecular flexibility index (Phi) is 3.80. The molecule has 0 fully saturated rings. The molecule has 2 aromatic carbocycles. The maximum Gasteiger partial charge on any atom is 0.168 e. The number of rotatable bonds is 4. The van der Waals surface area contributed by atoms with Crippen LogP contribution in [0.4, 0.5) is 4.39 Å². The monoisotopic (exact) mass is 288 g/mol. The molecule has 0 amide bonds. The van der Waals surface area contributed by atoms with Gasteiger partial charge in [0, 0.05) is 12.8 Å². The number of aliphatic hydroxyl groups excluding tert-OH is 1. The summed E-state index contributed by atoms with van der Waals surface area (Å²) in [4.78, 5) is 0. The van der Waals surface area contributed by atoms with E-state index in [0.29, 0.717) is 12.0 Å². The Morgan fingerprint density at radius 2 is 2.10 bits per heavy atom. The molecule has 2 aromatic rings. The van der Waals surface area contributed by atoms with Crippen molar-refractivity contribution in [3.63, 3.8) is 0 Å². The standard InChI is InChI=1S/C17H17FO3/c1-20-15-8-4-6-12(17(15)18)9-13(19)16-10-11-5-2-3-7-14(11)21-16/h2-8,13,16,19H,9-10H2,1H3. The third kappa shape index (κ3) is 2.72. The fourth-order valence-electron chi connectivity index (χ4n) is 2.65. The molecule has 0 radical (unpaired) electrons. The van der Waals surface area contributed by atoms with Gasteiger partial charge in [-0.15, -0.1) is 0 Å². The lowest BCUT2D eigenvalue weighted by atomic mass is 10.00. The summed E-state index contributed by atoms with van der Waals surface area (Å²) in [6, 6.07) is 12.6. The van der Waals surface area contributed by atoms with Gasteiger partial charge in [-0.3, -0.25) is 0 Å². The number of para-hydroxylation sites is 1. The molecule has 110 valence electrons. The zero-order valence-electron chi connectivity index (χ0n) is 11.8. The molecule has 0 spiro atoms. The van der Waals surface area contributed by atoms with Gasteiger partial charge in [0.25, 0.3) is 0 Å². The van der Waals surface area contributed by atoms with E-state index in [1.165, 1.54) is 7.11 Å². The van der Waals surface area contributed by atoms with Crippen molar-refractivity contribution in [3.8, 4) is 11.5 Å². The zero-order chi connectivity index (χ0) is 14.8. The first-order valence-corrected chi connectivity index (χ1v) is 6.93. The van der Waals surface area contributed by atoms with Gasteiger partial charge in [-0.1, -0.05) is 30.3 Å². The van der Waals surface area contributed by atoms with Gasteiger partial charge < -0.3 is 14.6 Å². The van der Waals surface area contributed by atoms with Crippen molar-refractivity contribution in [2.45, 2.75) is 25.0 Å². The van der Waals surface area contributed by atoms with E-state index in [0.717, 1.165) is 11.3 Å². The van der Waals surface area contributed by atoms with Crippen molar-refractivity contribution in [2.75, 3.05) is 7.11 Å². The highest BCUT2D eigenvalue weighted by atomic mass is 19.1. The highest BCUT2D eigenvalue weighted by Crippen LogP contribution is 2.31. The smallest absolute Gasteiger partial charge is 0.168 e. The third-order valence-corrected chi connectivity index (χ3v) is 3.79. The van der Waals surface area contributed by atoms with Crippen LogP contribution in [0.15, 0.2) is 42.5 Å². The van der Waals surface area contributed by atoms with Gasteiger partial charge in [-0.25, -0.2) is 4.39 Å². The topological polar surface area (TPSA) is 38.7 Å². The van der Waals surface area contributed by atoms with Crippen molar-refractivity contribution in [3.05, 3.63) is 59.4 Å². The van der Waals surface area contributed by atoms with Crippen LogP contribution in [0, 0.1) is 5.82 Å². The predicted molar refractivity (Wildman–Crippen MR) is 77.2 cm³/mol. The van der Waals surface area contributed by atoms with Crippen molar-refractivity contribution in [2.24, 2.45) is 0 Å². The van der Waals surface area contributed by atoms with E-state index in [9.17, 15) is 9.50 Å². The molecule has 21 heavy (non-hydrogen) atoms. The summed E-state index contributed by atoms with van der Waals surface area (Å²) in [5.74, 6) is 0.567. The molecule has 0 saturated heterocycles. The third-order valence-electron chi connectivity index (χ3n) is 3.79. The normalized spacial score (nSPS) is 18.0. The maximum absolute atomic E-state index is 14.1. The molecule has 2 unspecified atom stereocenters. The summed E-state index contributed by atoms with van der Waals surface area (Å²) >= 11 is 0. The van der Waals surface area contributed by atoms with E-state index in [-0.39, 0.29) is 18.3 Å². The van der Waals surface area contributed by atoms with Crippen molar-refractivity contribution < 1.29 is 19.0 Å². The summed E-state index contributed by atoms with van der Waals surface area (Å²) in [7, 11) is 1.43. The van der Waals surface area contributed by atoms with Crippen LogP contribution in [0.5, 0.6) is 11.5 Å². The number of hydrogen-bond acceptors (Lipinski definition) is 3. The maximum atomic E-state index is 14.1. The number of ether oxygens (including phenoxy) is 2. The van der Waals surface area contributed by atoms with Crippen LogP contribution in [0.3, 0.4) is 0 Å². The van der Waals surface area contributed by atoms with Crippen molar-refractivity contribution >= 4 is 0 Å². The summed E-state index contributed by atoms with van der Waals surface area (Å²) in [6.45, 7) is 0. The van der Waals surface area contributed by atoms with Crippen LogP contribution in [0.1, 0.15) is 11.1 Å². The van der Waals surface area contributed by atoms with Gasteiger partial charge in [0.2, 0.25) is 0 Å². The Balaban J connectivity index is 1.72. The molecular weight excluding hydrogens is 271 g/mol. The number of benzene rings is 2. The highest BCUT2D eigenvalue weighted by Gasteiger charge is 2.29. The average molecular weight is 288 g/mol. The van der Waals surface area contributed by atoms with Crippen LogP contribution in [0.25, 0.3) is 0 Å². The van der Waals surface area contributed by atoms with Crippen LogP contribution in [0.2, 0.25) is 0 Å². The number of aliphatic hydroxyl groups is 1. The van der Waals surface area contributed by atoms with E-state index in [2.05, 4.69) is 0 Å². The highest BCUT2D eigenvalue weighted by molar-refractivity contribution is 5.38. The number of halogens is 1. The van der Waals surface area contributed by atoms with E-state index < -0.39 is 11.9 Å². The van der Waals surface area contributed by atoms with Gasteiger partial charge in [0.05, 0.1) is 13.2 Å². The second kappa shape index (κ2) is 5.74. The molecule has 1 N–H and O–H groups in total. The summed E-state index contributed by atoms with van der Waals surface area (Å²) in [5, 5.41) is 10.3. The zero-order valence-corrected chi connectivity index (χ0v) is 11.8. The summed E-state index contributed by atoms with van der Waals surface area (Å²) in [6.07, 6.45) is -0.267. The van der Waals surface area contributed by atoms with E-state index in [1.807, 2.05) is 24.3 Å². The molecule has 3 nitrogen and oxygen atoms in total. The molecule has 1 aliphatic rings. The molecule has 1 heterocycles. The van der Waals surface area contributed by atoms with E-state index in [1.54, 1.807) is 18.2 Å². The summed E-state index contributed by atoms with van der Waals surface area (Å²) in [5.41, 5.74) is 1.51. The molecule has 3 rings (SSSR count). The van der Waals surface area contributed by atoms with Crippen LogP contribution < -0.4 is 9.47 Å². The van der Waals surface area contributed by atoms with E-state index >= 15 is 0 Å². The number of fused-ring (bicyclic) bond motifs is 1. The number of methoxy groups -OCH3 is 1. The Morgan fingerprint density at radius 1 is 1.29 bits per heavy atom. The van der Waals surface area contributed by atoms with Gasteiger partial charge in [0.15, 0.2) is 11.6 Å². The molecule has 0 bridgehead atoms. The predicted octanol–water partition coefficient (Wildman–Crippen LogP) is 2.74. The first kappa shape index (κ1) is 13.9. The van der Waals surface area contributed by atoms with Crippen molar-refractivity contribution in [1.29, 1.82) is 0 Å². The lowest BCUT2D eigenvalue weighted by molar-refractivity contribution is 0.0496. The minimum absolute atomic E-state index is 0.190. The lowest BCUT2D eigenvalue weighted by Gasteiger charge is -2.18. The second-order valence-corrected chi connectivity index (χ2v) is 5.17. The Morgan fingerprint density at radius 3 is 2.86 bits per heavy atom. The second-order valence-electron chi connectivity index (χ2n) is 5.17. The first-order valence-electron chi connectivity index (χ1n) is 6.93. The largest absolute Gasteiger partial charge is 0.494 e. The fraction of sp³-hybridized carbons (Fsp3) is 0.294. The first-order chi connectivity index (χ1) is 10.2. The molecule has 0 saturated carbocycles. The fourth-order valence-corrected chi connectivity index (χ4v) is 2.65. The lowest BCUT2D eigenvalue weighted by Crippen LogP contribution is -2.32. The quantitative estimate of drug-likeness (QED) is 0.940. The summed E-state index contributed by atoms with van der Waals surface area (Å²) < 4.78 is 24.8. The molecular formula is C17H17FO3. The van der Waals surface area contributed by atoms with Gasteiger partial charge in [-0.05, 0) is 23.3 Å². The SMILES string of the molecule is COc1cccc(CC(O)C2Cc3ccccc3O2)c1F. The molecule has 0 aliphatic carbocycles. The molecule has 2 atom stereocenters.